The molecule has 0 aromatic heterocycles. The summed E-state index contributed by atoms with van der Waals surface area (Å²) in [5.41, 5.74) is 0. The summed E-state index contributed by atoms with van der Waals surface area (Å²) < 4.78 is 5.69. The van der Waals surface area contributed by atoms with Gasteiger partial charge in [0.2, 0.25) is 10.3 Å². The average Bonchev–Trinajstić information content (AvgIpc) is 2.51. The van der Waals surface area contributed by atoms with E-state index in [1.165, 1.54) is 11.8 Å². The lowest BCUT2D eigenvalue weighted by Crippen LogP contribution is -2.32. The van der Waals surface area contributed by atoms with Crippen LogP contribution >= 0.6 is 24.0 Å². The van der Waals surface area contributed by atoms with E-state index in [1.54, 1.807) is 0 Å². The highest BCUT2D eigenvalue weighted by Gasteiger charge is 2.26. The number of nitrogens with zero attached hydrogens (tertiary/aromatic N) is 1. The first-order valence-corrected chi connectivity index (χ1v) is 6.06. The summed E-state index contributed by atoms with van der Waals surface area (Å²) in [5, 5.41) is 0.101. The number of hydrogen-bond donors (Lipinski definition) is 0. The SMILES string of the molecule is CCOC(=S)SC(C)N1CCCC1=O. The van der Waals surface area contributed by atoms with Gasteiger partial charge in [-0.1, -0.05) is 11.8 Å². The highest BCUT2D eigenvalue weighted by Crippen LogP contribution is 2.23. The third-order valence-electron chi connectivity index (χ3n) is 2.08. The summed E-state index contributed by atoms with van der Waals surface area (Å²) in [5.74, 6) is 0.226. The second kappa shape index (κ2) is 5.56. The van der Waals surface area contributed by atoms with E-state index in [9.17, 15) is 4.79 Å². The van der Waals surface area contributed by atoms with Crippen LogP contribution in [-0.4, -0.2) is 33.7 Å². The fourth-order valence-corrected chi connectivity index (χ4v) is 2.76. The van der Waals surface area contributed by atoms with Crippen LogP contribution in [0.15, 0.2) is 0 Å². The number of thiocarbonyl (C=S) groups is 1. The molecule has 1 fully saturated rings. The molecule has 1 aliphatic heterocycles. The minimum atomic E-state index is 0.101. The van der Waals surface area contributed by atoms with Crippen LogP contribution in [0.2, 0.25) is 0 Å². The van der Waals surface area contributed by atoms with Crippen LogP contribution in [0.25, 0.3) is 0 Å². The Hall–Kier alpha value is -0.290. The number of amides is 1. The third kappa shape index (κ3) is 3.13. The first-order valence-electron chi connectivity index (χ1n) is 4.78. The summed E-state index contributed by atoms with van der Waals surface area (Å²) in [4.78, 5) is 13.2. The molecule has 1 atom stereocenters. The summed E-state index contributed by atoms with van der Waals surface area (Å²) in [6.07, 6.45) is 1.64. The van der Waals surface area contributed by atoms with Gasteiger partial charge in [0.1, 0.15) is 0 Å². The molecule has 0 spiro atoms. The predicted molar refractivity (Wildman–Crippen MR) is 62.2 cm³/mol. The van der Waals surface area contributed by atoms with Crippen LogP contribution < -0.4 is 0 Å². The van der Waals surface area contributed by atoms with E-state index in [-0.39, 0.29) is 11.3 Å². The monoisotopic (exact) mass is 233 g/mol. The maximum atomic E-state index is 11.4. The van der Waals surface area contributed by atoms with Gasteiger partial charge in [0, 0.05) is 13.0 Å². The van der Waals surface area contributed by atoms with Crippen LogP contribution in [0.4, 0.5) is 0 Å². The van der Waals surface area contributed by atoms with Crippen molar-refractivity contribution in [2.75, 3.05) is 13.2 Å². The van der Waals surface area contributed by atoms with Gasteiger partial charge >= 0.3 is 0 Å². The van der Waals surface area contributed by atoms with Crippen LogP contribution in [0.3, 0.4) is 0 Å². The van der Waals surface area contributed by atoms with Gasteiger partial charge in [-0.15, -0.1) is 0 Å². The average molecular weight is 233 g/mol. The second-order valence-corrected chi connectivity index (χ2v) is 5.01. The lowest BCUT2D eigenvalue weighted by atomic mass is 10.4. The van der Waals surface area contributed by atoms with Gasteiger partial charge in [-0.05, 0) is 32.5 Å². The van der Waals surface area contributed by atoms with E-state index in [0.717, 1.165) is 13.0 Å². The third-order valence-corrected chi connectivity index (χ3v) is 3.39. The highest BCUT2D eigenvalue weighted by molar-refractivity contribution is 8.22. The quantitative estimate of drug-likeness (QED) is 0.697. The fraction of sp³-hybridized carbons (Fsp3) is 0.778. The van der Waals surface area contributed by atoms with E-state index in [0.29, 0.717) is 17.4 Å². The molecule has 0 bridgehead atoms. The van der Waals surface area contributed by atoms with Gasteiger partial charge in [0.05, 0.1) is 12.0 Å². The molecule has 1 heterocycles. The summed E-state index contributed by atoms with van der Waals surface area (Å²) in [6.45, 7) is 5.33. The molecule has 1 rings (SSSR count). The molecule has 1 amide bonds. The van der Waals surface area contributed by atoms with Gasteiger partial charge in [-0.25, -0.2) is 0 Å². The molecule has 1 unspecified atom stereocenters. The van der Waals surface area contributed by atoms with Crippen LogP contribution in [0.5, 0.6) is 0 Å². The maximum absolute atomic E-state index is 11.4. The molecule has 5 heteroatoms. The van der Waals surface area contributed by atoms with Gasteiger partial charge in [0.25, 0.3) is 0 Å². The highest BCUT2D eigenvalue weighted by atomic mass is 32.2. The molecule has 0 N–H and O–H groups in total. The van der Waals surface area contributed by atoms with Crippen LogP contribution in [0, 0.1) is 0 Å². The van der Waals surface area contributed by atoms with Gasteiger partial charge < -0.3 is 9.64 Å². The Balaban J connectivity index is 2.37. The molecule has 80 valence electrons. The molecule has 0 aromatic rings. The van der Waals surface area contributed by atoms with Gasteiger partial charge in [-0.3, -0.25) is 4.79 Å². The van der Waals surface area contributed by atoms with Crippen molar-refractivity contribution in [3.05, 3.63) is 0 Å². The molecular weight excluding hydrogens is 218 g/mol. The molecule has 14 heavy (non-hydrogen) atoms. The number of carbonyl (C=O) groups excluding carboxylic acids is 1. The summed E-state index contributed by atoms with van der Waals surface area (Å²) in [7, 11) is 0. The van der Waals surface area contributed by atoms with E-state index in [2.05, 4.69) is 0 Å². The van der Waals surface area contributed by atoms with Crippen LogP contribution in [0.1, 0.15) is 26.7 Å². The number of rotatable bonds is 3. The Morgan fingerprint density at radius 2 is 2.50 bits per heavy atom. The zero-order valence-electron chi connectivity index (χ0n) is 8.49. The van der Waals surface area contributed by atoms with Crippen molar-refractivity contribution in [3.63, 3.8) is 0 Å². The molecule has 0 aromatic carbocycles. The van der Waals surface area contributed by atoms with E-state index in [1.807, 2.05) is 18.7 Å². The number of hydrogen-bond acceptors (Lipinski definition) is 4. The molecule has 0 saturated carbocycles. The van der Waals surface area contributed by atoms with Crippen molar-refractivity contribution < 1.29 is 9.53 Å². The van der Waals surface area contributed by atoms with Crippen LogP contribution in [-0.2, 0) is 9.53 Å². The topological polar surface area (TPSA) is 29.5 Å². The number of ether oxygens (including phenoxy) is 1. The van der Waals surface area contributed by atoms with Crippen molar-refractivity contribution in [3.8, 4) is 0 Å². The minimum Gasteiger partial charge on any atom is -0.479 e. The normalized spacial score (nSPS) is 18.4. The largest absolute Gasteiger partial charge is 0.479 e. The maximum Gasteiger partial charge on any atom is 0.223 e. The van der Waals surface area contributed by atoms with Crippen molar-refractivity contribution in [2.45, 2.75) is 32.1 Å². The summed E-state index contributed by atoms with van der Waals surface area (Å²) >= 11 is 6.45. The second-order valence-electron chi connectivity index (χ2n) is 3.09. The van der Waals surface area contributed by atoms with Crippen molar-refractivity contribution in [1.82, 2.24) is 4.90 Å². The molecule has 1 saturated heterocycles. The number of likely N-dealkylation sites (tertiary alicyclic amines) is 1. The van der Waals surface area contributed by atoms with E-state index >= 15 is 0 Å². The summed E-state index contributed by atoms with van der Waals surface area (Å²) in [6, 6.07) is 0. The number of carbonyl (C=O) groups is 1. The smallest absolute Gasteiger partial charge is 0.223 e. The fourth-order valence-electron chi connectivity index (χ4n) is 1.41. The van der Waals surface area contributed by atoms with Crippen molar-refractivity contribution in [2.24, 2.45) is 0 Å². The zero-order chi connectivity index (χ0) is 10.6. The van der Waals surface area contributed by atoms with Gasteiger partial charge in [-0.2, -0.15) is 0 Å². The lowest BCUT2D eigenvalue weighted by Gasteiger charge is -2.23. The van der Waals surface area contributed by atoms with Crippen molar-refractivity contribution in [1.29, 1.82) is 0 Å². The number of thioether (sulfide) groups is 1. The standard InChI is InChI=1S/C9H15NO2S2/c1-3-12-9(13)14-7(2)10-6-4-5-8(10)11/h7H,3-6H2,1-2H3. The molecule has 3 nitrogen and oxygen atoms in total. The molecule has 1 aliphatic rings. The Morgan fingerprint density at radius 3 is 3.00 bits per heavy atom. The zero-order valence-corrected chi connectivity index (χ0v) is 10.1. The molecule has 0 radical (unpaired) electrons. The van der Waals surface area contributed by atoms with Crippen molar-refractivity contribution >= 4 is 34.3 Å². The first-order chi connectivity index (χ1) is 6.65. The minimum absolute atomic E-state index is 0.101. The Kier molecular flexibility index (Phi) is 4.68. The van der Waals surface area contributed by atoms with Gasteiger partial charge in [0.15, 0.2) is 0 Å². The van der Waals surface area contributed by atoms with E-state index < -0.39 is 0 Å². The molecular formula is C9H15NO2S2. The Morgan fingerprint density at radius 1 is 1.79 bits per heavy atom. The van der Waals surface area contributed by atoms with E-state index in [4.69, 9.17) is 17.0 Å². The Bertz CT molecular complexity index is 233. The first kappa shape index (κ1) is 11.8. The lowest BCUT2D eigenvalue weighted by molar-refractivity contribution is -0.128. The Labute approximate surface area is 94.2 Å². The molecule has 0 aliphatic carbocycles. The predicted octanol–water partition coefficient (Wildman–Crippen LogP) is 2.01.